The van der Waals surface area contributed by atoms with E-state index in [1.807, 2.05) is 11.8 Å². The lowest BCUT2D eigenvalue weighted by molar-refractivity contribution is 0.0961. The number of Topliss-reactive ketones (excluding diaryl/α,β-unsaturated/α-hetero) is 1. The van der Waals surface area contributed by atoms with Crippen LogP contribution in [0.15, 0.2) is 6.20 Å². The number of rotatable bonds is 5. The van der Waals surface area contributed by atoms with Crippen LogP contribution < -0.4 is 5.32 Å². The molecule has 1 aromatic heterocycles. The number of aryl methyl sites for hydroxylation is 1. The second kappa shape index (κ2) is 6.59. The SMILES string of the molecule is CCCn1ncc(Cl)c1C(=O)CC1CSCCN1. The van der Waals surface area contributed by atoms with Gasteiger partial charge in [-0.1, -0.05) is 18.5 Å². The number of hydrogen-bond acceptors (Lipinski definition) is 4. The van der Waals surface area contributed by atoms with Gasteiger partial charge in [0.1, 0.15) is 5.69 Å². The van der Waals surface area contributed by atoms with Crippen molar-refractivity contribution in [1.29, 1.82) is 0 Å². The van der Waals surface area contributed by atoms with Crippen molar-refractivity contribution < 1.29 is 4.79 Å². The number of carbonyl (C=O) groups excluding carboxylic acids is 1. The van der Waals surface area contributed by atoms with Crippen LogP contribution >= 0.6 is 23.4 Å². The van der Waals surface area contributed by atoms with Crippen molar-refractivity contribution in [3.8, 4) is 0 Å². The summed E-state index contributed by atoms with van der Waals surface area (Å²) in [5, 5.41) is 8.00. The topological polar surface area (TPSA) is 46.9 Å². The molecule has 0 spiro atoms. The fourth-order valence-electron chi connectivity index (χ4n) is 2.09. The molecule has 2 heterocycles. The molecule has 18 heavy (non-hydrogen) atoms. The van der Waals surface area contributed by atoms with E-state index in [0.29, 0.717) is 17.1 Å². The summed E-state index contributed by atoms with van der Waals surface area (Å²) in [7, 11) is 0. The number of nitrogens with zero attached hydrogens (tertiary/aromatic N) is 2. The third-order valence-corrected chi connectivity index (χ3v) is 4.33. The Kier molecular flexibility index (Phi) is 5.09. The molecule has 1 N–H and O–H groups in total. The van der Waals surface area contributed by atoms with Gasteiger partial charge < -0.3 is 5.32 Å². The van der Waals surface area contributed by atoms with Crippen LogP contribution in [0, 0.1) is 0 Å². The van der Waals surface area contributed by atoms with E-state index >= 15 is 0 Å². The molecule has 1 aromatic rings. The quantitative estimate of drug-likeness (QED) is 0.844. The molecule has 4 nitrogen and oxygen atoms in total. The van der Waals surface area contributed by atoms with E-state index < -0.39 is 0 Å². The highest BCUT2D eigenvalue weighted by Crippen LogP contribution is 2.20. The molecule has 100 valence electrons. The molecule has 1 unspecified atom stereocenters. The molecule has 0 aliphatic carbocycles. The van der Waals surface area contributed by atoms with Gasteiger partial charge in [0, 0.05) is 37.1 Å². The summed E-state index contributed by atoms with van der Waals surface area (Å²) in [5.41, 5.74) is 0.566. The van der Waals surface area contributed by atoms with E-state index in [9.17, 15) is 4.79 Å². The molecule has 1 fully saturated rings. The zero-order chi connectivity index (χ0) is 13.0. The van der Waals surface area contributed by atoms with Gasteiger partial charge in [0.15, 0.2) is 5.78 Å². The molecule has 0 aromatic carbocycles. The van der Waals surface area contributed by atoms with E-state index in [1.54, 1.807) is 10.9 Å². The van der Waals surface area contributed by atoms with Gasteiger partial charge in [0.2, 0.25) is 0 Å². The highest BCUT2D eigenvalue weighted by Gasteiger charge is 2.22. The minimum atomic E-state index is 0.0888. The van der Waals surface area contributed by atoms with Crippen molar-refractivity contribution in [1.82, 2.24) is 15.1 Å². The van der Waals surface area contributed by atoms with E-state index in [4.69, 9.17) is 11.6 Å². The number of aromatic nitrogens is 2. The van der Waals surface area contributed by atoms with Gasteiger partial charge in [-0.2, -0.15) is 16.9 Å². The van der Waals surface area contributed by atoms with Crippen molar-refractivity contribution in [3.63, 3.8) is 0 Å². The summed E-state index contributed by atoms with van der Waals surface area (Å²) in [6.07, 6.45) is 3.01. The molecule has 1 aliphatic heterocycles. The molecule has 0 saturated carbocycles. The van der Waals surface area contributed by atoms with Gasteiger partial charge >= 0.3 is 0 Å². The van der Waals surface area contributed by atoms with Crippen molar-refractivity contribution in [2.24, 2.45) is 0 Å². The fraction of sp³-hybridized carbons (Fsp3) is 0.667. The molecule has 1 atom stereocenters. The van der Waals surface area contributed by atoms with Crippen molar-refractivity contribution >= 4 is 29.1 Å². The van der Waals surface area contributed by atoms with E-state index in [1.165, 1.54) is 0 Å². The fourth-order valence-corrected chi connectivity index (χ4v) is 3.29. The normalized spacial score (nSPS) is 20.0. The Bertz CT molecular complexity index is 415. The van der Waals surface area contributed by atoms with Gasteiger partial charge in [-0.05, 0) is 6.42 Å². The number of nitrogens with one attached hydrogen (secondary N) is 1. The molecule has 0 amide bonds. The van der Waals surface area contributed by atoms with E-state index in [2.05, 4.69) is 17.3 Å². The molecular weight excluding hydrogens is 270 g/mol. The predicted octanol–water partition coefficient (Wildman–Crippen LogP) is 2.22. The van der Waals surface area contributed by atoms with Crippen LogP contribution in [0.2, 0.25) is 5.02 Å². The molecule has 6 heteroatoms. The molecular formula is C12H18ClN3OS. The van der Waals surface area contributed by atoms with Crippen LogP contribution in [0.25, 0.3) is 0 Å². The first kappa shape index (κ1) is 13.9. The van der Waals surface area contributed by atoms with Gasteiger partial charge in [-0.15, -0.1) is 0 Å². The number of thioether (sulfide) groups is 1. The highest BCUT2D eigenvalue weighted by atomic mass is 35.5. The van der Waals surface area contributed by atoms with E-state index in [0.717, 1.165) is 31.0 Å². The summed E-state index contributed by atoms with van der Waals surface area (Å²) in [6.45, 7) is 3.77. The summed E-state index contributed by atoms with van der Waals surface area (Å²) in [5.74, 6) is 2.20. The third kappa shape index (κ3) is 3.28. The first-order valence-corrected chi connectivity index (χ1v) is 7.81. The lowest BCUT2D eigenvalue weighted by Crippen LogP contribution is -2.39. The maximum atomic E-state index is 12.3. The number of hydrogen-bond donors (Lipinski definition) is 1. The first-order chi connectivity index (χ1) is 8.72. The standard InChI is InChI=1S/C12H18ClN3OS/c1-2-4-16-12(10(13)7-15-16)11(17)6-9-8-18-5-3-14-9/h7,9,14H,2-6,8H2,1H3. The highest BCUT2D eigenvalue weighted by molar-refractivity contribution is 7.99. The largest absolute Gasteiger partial charge is 0.312 e. The van der Waals surface area contributed by atoms with Crippen LogP contribution in [-0.4, -0.2) is 39.7 Å². The summed E-state index contributed by atoms with van der Waals surface area (Å²) in [6, 6.07) is 0.261. The van der Waals surface area contributed by atoms with Crippen LogP contribution in [0.4, 0.5) is 0 Å². The van der Waals surface area contributed by atoms with Crippen LogP contribution in [0.3, 0.4) is 0 Å². The lowest BCUT2D eigenvalue weighted by Gasteiger charge is -2.22. The Morgan fingerprint density at radius 2 is 2.56 bits per heavy atom. The third-order valence-electron chi connectivity index (χ3n) is 2.92. The monoisotopic (exact) mass is 287 g/mol. The minimum absolute atomic E-state index is 0.0888. The number of ketones is 1. The Morgan fingerprint density at radius 3 is 3.22 bits per heavy atom. The molecule has 1 saturated heterocycles. The smallest absolute Gasteiger partial charge is 0.183 e. The maximum Gasteiger partial charge on any atom is 0.183 e. The summed E-state index contributed by atoms with van der Waals surface area (Å²) in [4.78, 5) is 12.3. The van der Waals surface area contributed by atoms with Crippen LogP contribution in [0.1, 0.15) is 30.3 Å². The van der Waals surface area contributed by atoms with Crippen molar-refractivity contribution in [2.75, 3.05) is 18.1 Å². The minimum Gasteiger partial charge on any atom is -0.312 e. The van der Waals surface area contributed by atoms with Gasteiger partial charge in [0.25, 0.3) is 0 Å². The average molecular weight is 288 g/mol. The molecule has 0 radical (unpaired) electrons. The predicted molar refractivity (Wildman–Crippen MR) is 75.6 cm³/mol. The van der Waals surface area contributed by atoms with Gasteiger partial charge in [0.05, 0.1) is 11.2 Å². The summed E-state index contributed by atoms with van der Waals surface area (Å²) < 4.78 is 1.72. The average Bonchev–Trinajstić information content (AvgIpc) is 2.72. The summed E-state index contributed by atoms with van der Waals surface area (Å²) >= 11 is 7.95. The zero-order valence-corrected chi connectivity index (χ0v) is 12.1. The van der Waals surface area contributed by atoms with Crippen LogP contribution in [-0.2, 0) is 6.54 Å². The van der Waals surface area contributed by atoms with Gasteiger partial charge in [-0.25, -0.2) is 0 Å². The number of carbonyl (C=O) groups is 1. The molecule has 1 aliphatic rings. The number of halogens is 1. The second-order valence-electron chi connectivity index (χ2n) is 4.42. The Morgan fingerprint density at radius 1 is 1.72 bits per heavy atom. The Balaban J connectivity index is 2.05. The first-order valence-electron chi connectivity index (χ1n) is 6.28. The molecule has 0 bridgehead atoms. The van der Waals surface area contributed by atoms with Gasteiger partial charge in [-0.3, -0.25) is 9.48 Å². The molecule has 2 rings (SSSR count). The maximum absolute atomic E-state index is 12.3. The zero-order valence-electron chi connectivity index (χ0n) is 10.5. The van der Waals surface area contributed by atoms with Crippen LogP contribution in [0.5, 0.6) is 0 Å². The van der Waals surface area contributed by atoms with E-state index in [-0.39, 0.29) is 11.8 Å². The second-order valence-corrected chi connectivity index (χ2v) is 5.97. The van der Waals surface area contributed by atoms with Crippen molar-refractivity contribution in [3.05, 3.63) is 16.9 Å². The van der Waals surface area contributed by atoms with Crippen molar-refractivity contribution in [2.45, 2.75) is 32.4 Å². The Labute approximate surface area is 116 Å². The lowest BCUT2D eigenvalue weighted by atomic mass is 10.1. The Hall–Kier alpha value is -0.520.